The van der Waals surface area contributed by atoms with Gasteiger partial charge in [-0.2, -0.15) is 0 Å². The fourth-order valence-corrected chi connectivity index (χ4v) is 2.76. The van der Waals surface area contributed by atoms with Gasteiger partial charge in [0.25, 0.3) is 0 Å². The van der Waals surface area contributed by atoms with Crippen LogP contribution in [0, 0.1) is 0 Å². The molecule has 0 unspecified atom stereocenters. The molecule has 1 amide bonds. The lowest BCUT2D eigenvalue weighted by molar-refractivity contribution is -0.137. The molecule has 6 heteroatoms. The normalized spacial score (nSPS) is 11.6. The molecular weight excluding hydrogens is 354 g/mol. The molecule has 0 spiro atoms. The summed E-state index contributed by atoms with van der Waals surface area (Å²) in [4.78, 5) is 23.3. The molecule has 0 bridgehead atoms. The second-order valence-electron chi connectivity index (χ2n) is 5.97. The van der Waals surface area contributed by atoms with Crippen LogP contribution in [0.5, 0.6) is 5.75 Å². The number of halogens is 1. The van der Waals surface area contributed by atoms with Crippen molar-refractivity contribution in [2.45, 2.75) is 31.7 Å². The highest BCUT2D eigenvalue weighted by Gasteiger charge is 2.18. The smallest absolute Gasteiger partial charge is 0.305 e. The van der Waals surface area contributed by atoms with Gasteiger partial charge in [-0.15, -0.1) is 0 Å². The maximum Gasteiger partial charge on any atom is 0.305 e. The molecule has 26 heavy (non-hydrogen) atoms. The Bertz CT molecular complexity index is 728. The van der Waals surface area contributed by atoms with E-state index in [-0.39, 0.29) is 12.3 Å². The van der Waals surface area contributed by atoms with Crippen molar-refractivity contribution >= 4 is 23.5 Å². The summed E-state index contributed by atoms with van der Waals surface area (Å²) in [7, 11) is 1.62. The summed E-state index contributed by atoms with van der Waals surface area (Å²) in [5, 5.41) is 12.5. The predicted molar refractivity (Wildman–Crippen MR) is 101 cm³/mol. The van der Waals surface area contributed by atoms with E-state index in [0.717, 1.165) is 23.3 Å². The predicted octanol–water partition coefficient (Wildman–Crippen LogP) is 4.00. The molecule has 0 aliphatic carbocycles. The molecule has 0 aromatic heterocycles. The van der Waals surface area contributed by atoms with Crippen LogP contribution in [0.3, 0.4) is 0 Å². The van der Waals surface area contributed by atoms with Crippen LogP contribution in [-0.4, -0.2) is 24.1 Å². The molecule has 5 nitrogen and oxygen atoms in total. The minimum Gasteiger partial charge on any atom is -0.497 e. The Labute approximate surface area is 157 Å². The molecule has 0 saturated heterocycles. The van der Waals surface area contributed by atoms with Gasteiger partial charge in [0.1, 0.15) is 5.75 Å². The van der Waals surface area contributed by atoms with Crippen molar-refractivity contribution in [1.82, 2.24) is 5.32 Å². The van der Waals surface area contributed by atoms with E-state index in [1.807, 2.05) is 24.3 Å². The Kier molecular flexibility index (Phi) is 7.48. The second-order valence-corrected chi connectivity index (χ2v) is 6.41. The number of carbonyl (C=O) groups is 2. The number of ether oxygens (including phenoxy) is 1. The zero-order valence-electron chi connectivity index (χ0n) is 14.6. The molecule has 2 aromatic carbocycles. The third kappa shape index (κ3) is 6.41. The quantitative estimate of drug-likeness (QED) is 0.694. The van der Waals surface area contributed by atoms with Crippen LogP contribution in [-0.2, 0) is 16.0 Å². The van der Waals surface area contributed by atoms with Gasteiger partial charge in [0.05, 0.1) is 19.6 Å². The molecule has 0 aliphatic rings. The highest BCUT2D eigenvalue weighted by Crippen LogP contribution is 2.20. The topological polar surface area (TPSA) is 75.6 Å². The Hall–Kier alpha value is -2.53. The third-order valence-electron chi connectivity index (χ3n) is 4.01. The number of benzene rings is 2. The lowest BCUT2D eigenvalue weighted by Gasteiger charge is -2.17. The van der Waals surface area contributed by atoms with E-state index < -0.39 is 12.0 Å². The fourth-order valence-electron chi connectivity index (χ4n) is 2.63. The summed E-state index contributed by atoms with van der Waals surface area (Å²) in [5.74, 6) is -0.339. The van der Waals surface area contributed by atoms with Crippen molar-refractivity contribution in [3.63, 3.8) is 0 Å². The SMILES string of the molecule is COc1ccc(CCCC(=O)N[C@@H](CC(=O)O)c2ccc(Cl)cc2)cc1. The number of methoxy groups -OCH3 is 1. The average molecular weight is 376 g/mol. The van der Waals surface area contributed by atoms with Gasteiger partial charge in [-0.1, -0.05) is 35.9 Å². The maximum atomic E-state index is 12.2. The highest BCUT2D eigenvalue weighted by molar-refractivity contribution is 6.30. The molecular formula is C20H22ClNO4. The van der Waals surface area contributed by atoms with E-state index in [1.54, 1.807) is 31.4 Å². The van der Waals surface area contributed by atoms with Crippen molar-refractivity contribution in [2.24, 2.45) is 0 Å². The van der Waals surface area contributed by atoms with E-state index in [4.69, 9.17) is 21.4 Å². The van der Waals surface area contributed by atoms with Gasteiger partial charge in [-0.3, -0.25) is 9.59 Å². The first kappa shape index (κ1) is 19.8. The van der Waals surface area contributed by atoms with Crippen molar-refractivity contribution in [2.75, 3.05) is 7.11 Å². The number of aliphatic carboxylic acids is 1. The Balaban J connectivity index is 1.87. The van der Waals surface area contributed by atoms with Crippen LogP contribution >= 0.6 is 11.6 Å². The molecule has 0 heterocycles. The first-order chi connectivity index (χ1) is 12.5. The maximum absolute atomic E-state index is 12.2. The molecule has 2 rings (SSSR count). The van der Waals surface area contributed by atoms with Crippen LogP contribution in [0.2, 0.25) is 5.02 Å². The zero-order chi connectivity index (χ0) is 18.9. The van der Waals surface area contributed by atoms with Gasteiger partial charge in [-0.25, -0.2) is 0 Å². The van der Waals surface area contributed by atoms with Crippen molar-refractivity contribution in [3.05, 3.63) is 64.7 Å². The Morgan fingerprint density at radius 2 is 1.77 bits per heavy atom. The van der Waals surface area contributed by atoms with Crippen LogP contribution < -0.4 is 10.1 Å². The lowest BCUT2D eigenvalue weighted by Crippen LogP contribution is -2.30. The number of carboxylic acid groups (broad SMARTS) is 1. The summed E-state index contributed by atoms with van der Waals surface area (Å²) >= 11 is 5.86. The van der Waals surface area contributed by atoms with Crippen LogP contribution in [0.1, 0.15) is 36.4 Å². The number of rotatable bonds is 9. The highest BCUT2D eigenvalue weighted by atomic mass is 35.5. The summed E-state index contributed by atoms with van der Waals surface area (Å²) < 4.78 is 5.12. The first-order valence-corrected chi connectivity index (χ1v) is 8.75. The molecule has 0 aliphatic heterocycles. The Morgan fingerprint density at radius 1 is 1.12 bits per heavy atom. The minimum absolute atomic E-state index is 0.167. The number of carboxylic acids is 1. The van der Waals surface area contributed by atoms with E-state index in [9.17, 15) is 9.59 Å². The molecule has 2 aromatic rings. The molecule has 0 saturated carbocycles. The summed E-state index contributed by atoms with van der Waals surface area (Å²) in [6.07, 6.45) is 1.60. The number of carbonyl (C=O) groups excluding carboxylic acids is 1. The van der Waals surface area contributed by atoms with Crippen molar-refractivity contribution in [1.29, 1.82) is 0 Å². The zero-order valence-corrected chi connectivity index (χ0v) is 15.3. The number of hydrogen-bond donors (Lipinski definition) is 2. The van der Waals surface area contributed by atoms with E-state index in [1.165, 1.54) is 0 Å². The van der Waals surface area contributed by atoms with Gasteiger partial charge >= 0.3 is 5.97 Å². The van der Waals surface area contributed by atoms with Crippen molar-refractivity contribution < 1.29 is 19.4 Å². The average Bonchev–Trinajstić information content (AvgIpc) is 2.62. The number of hydrogen-bond acceptors (Lipinski definition) is 3. The van der Waals surface area contributed by atoms with Crippen molar-refractivity contribution in [3.8, 4) is 5.75 Å². The van der Waals surface area contributed by atoms with Gasteiger partial charge in [0.2, 0.25) is 5.91 Å². The van der Waals surface area contributed by atoms with E-state index in [2.05, 4.69) is 5.32 Å². The van der Waals surface area contributed by atoms with Crippen LogP contribution in [0.4, 0.5) is 0 Å². The number of nitrogens with one attached hydrogen (secondary N) is 1. The molecule has 0 fully saturated rings. The summed E-state index contributed by atoms with van der Waals surface area (Å²) in [5.41, 5.74) is 1.85. The number of aryl methyl sites for hydroxylation is 1. The monoisotopic (exact) mass is 375 g/mol. The van der Waals surface area contributed by atoms with Gasteiger partial charge in [0.15, 0.2) is 0 Å². The standard InChI is InChI=1S/C20H22ClNO4/c1-26-17-11-5-14(6-12-17)3-2-4-19(23)22-18(13-20(24)25)15-7-9-16(21)10-8-15/h5-12,18H,2-4,13H2,1H3,(H,22,23)(H,24,25)/t18-/m0/s1. The summed E-state index contributed by atoms with van der Waals surface area (Å²) in [6, 6.07) is 14.0. The lowest BCUT2D eigenvalue weighted by atomic mass is 10.0. The third-order valence-corrected chi connectivity index (χ3v) is 4.27. The fraction of sp³-hybridized carbons (Fsp3) is 0.300. The first-order valence-electron chi connectivity index (χ1n) is 8.37. The van der Waals surface area contributed by atoms with Gasteiger partial charge in [-0.05, 0) is 48.2 Å². The van der Waals surface area contributed by atoms with Crippen LogP contribution in [0.15, 0.2) is 48.5 Å². The Morgan fingerprint density at radius 3 is 2.35 bits per heavy atom. The summed E-state index contributed by atoms with van der Waals surface area (Å²) in [6.45, 7) is 0. The van der Waals surface area contributed by atoms with Gasteiger partial charge < -0.3 is 15.2 Å². The van der Waals surface area contributed by atoms with E-state index >= 15 is 0 Å². The molecule has 138 valence electrons. The minimum atomic E-state index is -0.969. The molecule has 0 radical (unpaired) electrons. The second kappa shape index (κ2) is 9.82. The van der Waals surface area contributed by atoms with Crippen LogP contribution in [0.25, 0.3) is 0 Å². The largest absolute Gasteiger partial charge is 0.497 e. The number of amides is 1. The molecule has 1 atom stereocenters. The van der Waals surface area contributed by atoms with Gasteiger partial charge in [0, 0.05) is 11.4 Å². The molecule has 2 N–H and O–H groups in total. The van der Waals surface area contributed by atoms with E-state index in [0.29, 0.717) is 17.9 Å².